The van der Waals surface area contributed by atoms with Crippen LogP contribution in [0.25, 0.3) is 0 Å². The van der Waals surface area contributed by atoms with Crippen molar-refractivity contribution in [3.8, 4) is 6.07 Å². The van der Waals surface area contributed by atoms with Gasteiger partial charge in [0.15, 0.2) is 11.6 Å². The molecule has 0 N–H and O–H groups in total. The molecule has 0 heterocycles. The maximum absolute atomic E-state index is 13.1. The lowest BCUT2D eigenvalue weighted by atomic mass is 10.1. The van der Waals surface area contributed by atoms with Crippen LogP contribution in [0.3, 0.4) is 0 Å². The lowest BCUT2D eigenvalue weighted by Crippen LogP contribution is -2.29. The highest BCUT2D eigenvalue weighted by Crippen LogP contribution is 2.31. The van der Waals surface area contributed by atoms with Crippen LogP contribution in [-0.4, -0.2) is 18.0 Å². The van der Waals surface area contributed by atoms with Crippen molar-refractivity contribution >= 4 is 11.4 Å². The van der Waals surface area contributed by atoms with E-state index in [1.807, 2.05) is 6.07 Å². The van der Waals surface area contributed by atoms with E-state index in [4.69, 9.17) is 5.26 Å². The van der Waals surface area contributed by atoms with Gasteiger partial charge in [-0.05, 0) is 6.92 Å². The van der Waals surface area contributed by atoms with Crippen molar-refractivity contribution in [2.75, 3.05) is 11.9 Å². The zero-order valence-corrected chi connectivity index (χ0v) is 9.85. The van der Waals surface area contributed by atoms with Gasteiger partial charge in [0.2, 0.25) is 0 Å². The van der Waals surface area contributed by atoms with Gasteiger partial charge in [0, 0.05) is 19.2 Å². The van der Waals surface area contributed by atoms with Crippen LogP contribution in [-0.2, 0) is 0 Å². The second-order valence-corrected chi connectivity index (χ2v) is 3.83. The number of benzene rings is 1. The summed E-state index contributed by atoms with van der Waals surface area (Å²) in [6.07, 6.45) is 0.118. The minimum absolute atomic E-state index is 0.0540. The fourth-order valence-electron chi connectivity index (χ4n) is 1.46. The number of nitriles is 1. The van der Waals surface area contributed by atoms with Crippen LogP contribution in [0.15, 0.2) is 12.1 Å². The Hall–Kier alpha value is -2.23. The summed E-state index contributed by atoms with van der Waals surface area (Å²) in [6.45, 7) is 1.66. The molecule has 1 aromatic carbocycles. The van der Waals surface area contributed by atoms with Gasteiger partial charge >= 0.3 is 0 Å². The monoisotopic (exact) mass is 255 g/mol. The predicted molar refractivity (Wildman–Crippen MR) is 61.1 cm³/mol. The van der Waals surface area contributed by atoms with Gasteiger partial charge in [0.1, 0.15) is 5.69 Å². The molecule has 5 nitrogen and oxygen atoms in total. The highest BCUT2D eigenvalue weighted by molar-refractivity contribution is 5.63. The lowest BCUT2D eigenvalue weighted by molar-refractivity contribution is -0.384. The van der Waals surface area contributed by atoms with Crippen molar-refractivity contribution in [2.24, 2.45) is 0 Å². The lowest BCUT2D eigenvalue weighted by Gasteiger charge is -2.24. The Bertz CT molecular complexity index is 514. The molecule has 0 aliphatic heterocycles. The summed E-state index contributed by atoms with van der Waals surface area (Å²) in [7, 11) is 1.49. The van der Waals surface area contributed by atoms with Crippen LogP contribution >= 0.6 is 0 Å². The normalized spacial score (nSPS) is 11.7. The number of rotatable bonds is 4. The first-order valence-corrected chi connectivity index (χ1v) is 5.11. The van der Waals surface area contributed by atoms with E-state index >= 15 is 0 Å². The second-order valence-electron chi connectivity index (χ2n) is 3.83. The Balaban J connectivity index is 3.26. The van der Waals surface area contributed by atoms with Gasteiger partial charge in [-0.3, -0.25) is 10.1 Å². The largest absolute Gasteiger partial charge is 0.365 e. The summed E-state index contributed by atoms with van der Waals surface area (Å²) >= 11 is 0. The standard InChI is InChI=1S/C11H11F2N3O2/c1-7(3-4-14)15(2)10-5-8(12)9(13)6-11(10)16(17)18/h5-7H,3H2,1-2H3. The SMILES string of the molecule is CC(CC#N)N(C)c1cc(F)c(F)cc1[N+](=O)[O-]. The van der Waals surface area contributed by atoms with E-state index in [0.717, 1.165) is 6.07 Å². The predicted octanol–water partition coefficient (Wildman–Crippen LogP) is 2.61. The van der Waals surface area contributed by atoms with E-state index < -0.39 is 22.2 Å². The fraction of sp³-hybridized carbons (Fsp3) is 0.364. The molecule has 18 heavy (non-hydrogen) atoms. The molecule has 0 bridgehead atoms. The zero-order valence-electron chi connectivity index (χ0n) is 9.85. The van der Waals surface area contributed by atoms with Crippen molar-refractivity contribution in [3.63, 3.8) is 0 Å². The van der Waals surface area contributed by atoms with E-state index in [0.29, 0.717) is 6.07 Å². The second kappa shape index (κ2) is 5.40. The quantitative estimate of drug-likeness (QED) is 0.612. The Labute approximate surface area is 102 Å². The minimum Gasteiger partial charge on any atom is -0.365 e. The third-order valence-electron chi connectivity index (χ3n) is 2.64. The molecule has 0 aliphatic rings. The summed E-state index contributed by atoms with van der Waals surface area (Å²) in [4.78, 5) is 11.4. The molecule has 0 radical (unpaired) electrons. The smallest absolute Gasteiger partial charge is 0.295 e. The number of hydrogen-bond donors (Lipinski definition) is 0. The summed E-state index contributed by atoms with van der Waals surface area (Å²) < 4.78 is 26.1. The first-order chi connectivity index (χ1) is 8.38. The summed E-state index contributed by atoms with van der Waals surface area (Å²) in [6, 6.07) is 2.87. The molecule has 0 spiro atoms. The highest BCUT2D eigenvalue weighted by atomic mass is 19.2. The van der Waals surface area contributed by atoms with Crippen LogP contribution in [0.5, 0.6) is 0 Å². The van der Waals surface area contributed by atoms with E-state index in [2.05, 4.69) is 0 Å². The van der Waals surface area contributed by atoms with Crippen molar-refractivity contribution in [3.05, 3.63) is 33.9 Å². The van der Waals surface area contributed by atoms with E-state index in [9.17, 15) is 18.9 Å². The van der Waals surface area contributed by atoms with E-state index in [1.54, 1.807) is 6.92 Å². The average molecular weight is 255 g/mol. The number of nitro benzene ring substituents is 1. The molecule has 1 atom stereocenters. The summed E-state index contributed by atoms with van der Waals surface area (Å²) in [5, 5.41) is 19.4. The van der Waals surface area contributed by atoms with Crippen molar-refractivity contribution in [1.29, 1.82) is 5.26 Å². The van der Waals surface area contributed by atoms with Crippen LogP contribution in [0.1, 0.15) is 13.3 Å². The maximum Gasteiger partial charge on any atom is 0.295 e. The molecule has 0 aliphatic carbocycles. The number of halogens is 2. The van der Waals surface area contributed by atoms with E-state index in [1.165, 1.54) is 11.9 Å². The molecule has 1 rings (SSSR count). The number of nitrogens with zero attached hydrogens (tertiary/aromatic N) is 3. The maximum atomic E-state index is 13.1. The Morgan fingerprint density at radius 1 is 1.50 bits per heavy atom. The molecule has 0 fully saturated rings. The van der Waals surface area contributed by atoms with E-state index in [-0.39, 0.29) is 18.2 Å². The zero-order chi connectivity index (χ0) is 13.9. The molecule has 0 amide bonds. The first kappa shape index (κ1) is 13.8. The Morgan fingerprint density at radius 3 is 2.56 bits per heavy atom. The molecule has 1 unspecified atom stereocenters. The van der Waals surface area contributed by atoms with Gasteiger partial charge in [-0.15, -0.1) is 0 Å². The number of hydrogen-bond acceptors (Lipinski definition) is 4. The average Bonchev–Trinajstić information content (AvgIpc) is 2.31. The topological polar surface area (TPSA) is 70.2 Å². The molecular weight excluding hydrogens is 244 g/mol. The molecule has 0 saturated heterocycles. The molecular formula is C11H11F2N3O2. The highest BCUT2D eigenvalue weighted by Gasteiger charge is 2.23. The number of anilines is 1. The summed E-state index contributed by atoms with van der Waals surface area (Å²) in [5.41, 5.74) is -0.581. The third kappa shape index (κ3) is 2.71. The molecule has 0 aromatic heterocycles. The van der Waals surface area contributed by atoms with Crippen LogP contribution in [0, 0.1) is 33.1 Å². The van der Waals surface area contributed by atoms with Crippen LogP contribution in [0.2, 0.25) is 0 Å². The fourth-order valence-corrected chi connectivity index (χ4v) is 1.46. The van der Waals surface area contributed by atoms with Crippen LogP contribution in [0.4, 0.5) is 20.2 Å². The molecule has 1 aromatic rings. The van der Waals surface area contributed by atoms with Gasteiger partial charge in [0.25, 0.3) is 5.69 Å². The summed E-state index contributed by atoms with van der Waals surface area (Å²) in [5.74, 6) is -2.43. The Kier molecular flexibility index (Phi) is 4.15. The van der Waals surface area contributed by atoms with Crippen molar-refractivity contribution in [1.82, 2.24) is 0 Å². The van der Waals surface area contributed by atoms with Gasteiger partial charge in [-0.2, -0.15) is 5.26 Å². The van der Waals surface area contributed by atoms with Crippen molar-refractivity contribution < 1.29 is 13.7 Å². The van der Waals surface area contributed by atoms with Crippen LogP contribution < -0.4 is 4.90 Å². The molecule has 96 valence electrons. The Morgan fingerprint density at radius 2 is 2.06 bits per heavy atom. The van der Waals surface area contributed by atoms with Gasteiger partial charge in [-0.1, -0.05) is 0 Å². The first-order valence-electron chi connectivity index (χ1n) is 5.11. The number of nitro groups is 1. The molecule has 0 saturated carbocycles. The van der Waals surface area contributed by atoms with Gasteiger partial charge < -0.3 is 4.90 Å². The van der Waals surface area contributed by atoms with Crippen molar-refractivity contribution in [2.45, 2.75) is 19.4 Å². The molecule has 7 heteroatoms. The minimum atomic E-state index is -1.27. The van der Waals surface area contributed by atoms with Gasteiger partial charge in [0.05, 0.1) is 23.5 Å². The van der Waals surface area contributed by atoms with Gasteiger partial charge in [-0.25, -0.2) is 8.78 Å². The third-order valence-corrected chi connectivity index (χ3v) is 2.64.